The molecule has 4 heteroatoms. The zero-order chi connectivity index (χ0) is 13.0. The topological polar surface area (TPSA) is 20.3 Å². The molecule has 0 aliphatic carbocycles. The van der Waals surface area contributed by atoms with Gasteiger partial charge in [-0.05, 0) is 61.6 Å². The number of halogens is 2. The van der Waals surface area contributed by atoms with Crippen LogP contribution in [0.4, 0.5) is 0 Å². The molecule has 1 fully saturated rings. The summed E-state index contributed by atoms with van der Waals surface area (Å²) in [4.78, 5) is 13.5. The summed E-state index contributed by atoms with van der Waals surface area (Å²) in [6.45, 7) is 3.03. The Morgan fingerprint density at radius 1 is 1.28 bits per heavy atom. The van der Waals surface area contributed by atoms with Gasteiger partial charge in [-0.2, -0.15) is 0 Å². The molecule has 0 unspecified atom stereocenters. The van der Waals surface area contributed by atoms with Crippen molar-refractivity contribution in [2.45, 2.75) is 19.3 Å². The minimum Gasteiger partial charge on any atom is -0.303 e. The van der Waals surface area contributed by atoms with Gasteiger partial charge in [0.1, 0.15) is 0 Å². The van der Waals surface area contributed by atoms with Gasteiger partial charge in [-0.25, -0.2) is 0 Å². The van der Waals surface area contributed by atoms with E-state index in [1.54, 1.807) is 0 Å². The molecule has 0 bridgehead atoms. The van der Waals surface area contributed by atoms with E-state index in [-0.39, 0.29) is 11.2 Å². The lowest BCUT2D eigenvalue weighted by Crippen LogP contribution is -2.36. The van der Waals surface area contributed by atoms with Crippen LogP contribution in [0.15, 0.2) is 28.7 Å². The molecule has 0 saturated carbocycles. The van der Waals surface area contributed by atoms with E-state index in [0.29, 0.717) is 0 Å². The number of hydrogen-bond acceptors (Lipinski definition) is 2. The molecule has 1 aromatic rings. The fourth-order valence-electron chi connectivity index (χ4n) is 2.32. The molecule has 2 rings (SSSR count). The highest BCUT2D eigenvalue weighted by molar-refractivity contribution is 9.10. The molecule has 0 radical (unpaired) electrons. The first-order valence-corrected chi connectivity index (χ1v) is 7.48. The van der Waals surface area contributed by atoms with E-state index in [0.717, 1.165) is 43.4 Å². The highest BCUT2D eigenvalue weighted by Gasteiger charge is 2.23. The standard InChI is InChI=1S/C14H17BrClNO/c15-13-3-1-11(2-4-13)5-8-17-9-6-12(7-10-17)14(16)18/h1-4,12H,5-10H2. The summed E-state index contributed by atoms with van der Waals surface area (Å²) in [5, 5.41) is -0.164. The molecule has 1 aliphatic heterocycles. The normalized spacial score (nSPS) is 17.9. The Balaban J connectivity index is 1.75. The van der Waals surface area contributed by atoms with Crippen molar-refractivity contribution in [2.24, 2.45) is 5.92 Å². The monoisotopic (exact) mass is 329 g/mol. The molecule has 0 N–H and O–H groups in total. The van der Waals surface area contributed by atoms with Crippen LogP contribution in [0, 0.1) is 5.92 Å². The molecule has 0 amide bonds. The van der Waals surface area contributed by atoms with Gasteiger partial charge in [0, 0.05) is 16.9 Å². The van der Waals surface area contributed by atoms with Crippen LogP contribution in [-0.2, 0) is 11.2 Å². The lowest BCUT2D eigenvalue weighted by molar-refractivity contribution is -0.116. The van der Waals surface area contributed by atoms with Crippen LogP contribution in [-0.4, -0.2) is 29.8 Å². The fourth-order valence-corrected chi connectivity index (χ4v) is 2.80. The average molecular weight is 331 g/mol. The third-order valence-corrected chi connectivity index (χ3v) is 4.38. The van der Waals surface area contributed by atoms with Crippen molar-refractivity contribution in [3.63, 3.8) is 0 Å². The van der Waals surface area contributed by atoms with Gasteiger partial charge in [0.2, 0.25) is 5.24 Å². The minimum atomic E-state index is -0.164. The van der Waals surface area contributed by atoms with E-state index in [4.69, 9.17) is 11.6 Å². The molecule has 1 heterocycles. The lowest BCUT2D eigenvalue weighted by Gasteiger charge is -2.30. The smallest absolute Gasteiger partial charge is 0.224 e. The summed E-state index contributed by atoms with van der Waals surface area (Å²) in [5.74, 6) is 0.0793. The molecule has 1 saturated heterocycles. The SMILES string of the molecule is O=C(Cl)C1CCN(CCc2ccc(Br)cc2)CC1. The molecule has 2 nitrogen and oxygen atoms in total. The van der Waals surface area contributed by atoms with Crippen LogP contribution >= 0.6 is 27.5 Å². The maximum Gasteiger partial charge on any atom is 0.224 e. The van der Waals surface area contributed by atoms with Crippen LogP contribution in [0.3, 0.4) is 0 Å². The van der Waals surface area contributed by atoms with Crippen molar-refractivity contribution in [3.05, 3.63) is 34.3 Å². The Morgan fingerprint density at radius 2 is 1.89 bits per heavy atom. The van der Waals surface area contributed by atoms with Gasteiger partial charge in [0.25, 0.3) is 0 Å². The lowest BCUT2D eigenvalue weighted by atomic mass is 9.98. The molecular weight excluding hydrogens is 314 g/mol. The highest BCUT2D eigenvalue weighted by atomic mass is 79.9. The van der Waals surface area contributed by atoms with Gasteiger partial charge in [-0.3, -0.25) is 4.79 Å². The maximum atomic E-state index is 11.1. The summed E-state index contributed by atoms with van der Waals surface area (Å²) >= 11 is 8.97. The van der Waals surface area contributed by atoms with Crippen LogP contribution < -0.4 is 0 Å². The number of rotatable bonds is 4. The molecule has 0 spiro atoms. The number of likely N-dealkylation sites (tertiary alicyclic amines) is 1. The van der Waals surface area contributed by atoms with E-state index in [1.807, 2.05) is 0 Å². The third-order valence-electron chi connectivity index (χ3n) is 3.54. The average Bonchev–Trinajstić information content (AvgIpc) is 2.38. The van der Waals surface area contributed by atoms with Gasteiger partial charge in [-0.15, -0.1) is 0 Å². The first-order valence-electron chi connectivity index (χ1n) is 6.31. The first kappa shape index (κ1) is 14.0. The Kier molecular flexibility index (Phi) is 5.22. The molecule has 1 aliphatic rings. The number of piperidine rings is 1. The summed E-state index contributed by atoms with van der Waals surface area (Å²) in [6.07, 6.45) is 2.87. The quantitative estimate of drug-likeness (QED) is 0.788. The molecule has 98 valence electrons. The summed E-state index contributed by atoms with van der Waals surface area (Å²) in [6, 6.07) is 8.46. The Morgan fingerprint density at radius 3 is 2.44 bits per heavy atom. The van der Waals surface area contributed by atoms with Gasteiger partial charge >= 0.3 is 0 Å². The van der Waals surface area contributed by atoms with Crippen molar-refractivity contribution in [1.82, 2.24) is 4.90 Å². The van der Waals surface area contributed by atoms with E-state index < -0.39 is 0 Å². The zero-order valence-electron chi connectivity index (χ0n) is 10.2. The molecule has 1 aromatic carbocycles. The second kappa shape index (κ2) is 6.69. The minimum absolute atomic E-state index is 0.0793. The number of benzene rings is 1. The van der Waals surface area contributed by atoms with Crippen molar-refractivity contribution in [2.75, 3.05) is 19.6 Å². The van der Waals surface area contributed by atoms with E-state index in [9.17, 15) is 4.79 Å². The van der Waals surface area contributed by atoms with Crippen molar-refractivity contribution in [3.8, 4) is 0 Å². The number of hydrogen-bond donors (Lipinski definition) is 0. The molecular formula is C14H17BrClNO. The number of carbonyl (C=O) groups is 1. The summed E-state index contributed by atoms with van der Waals surface area (Å²) in [5.41, 5.74) is 1.36. The van der Waals surface area contributed by atoms with E-state index >= 15 is 0 Å². The highest BCUT2D eigenvalue weighted by Crippen LogP contribution is 2.20. The van der Waals surface area contributed by atoms with Crippen molar-refractivity contribution >= 4 is 32.8 Å². The van der Waals surface area contributed by atoms with Crippen LogP contribution in [0.25, 0.3) is 0 Å². The van der Waals surface area contributed by atoms with Gasteiger partial charge < -0.3 is 4.90 Å². The second-order valence-electron chi connectivity index (χ2n) is 4.80. The van der Waals surface area contributed by atoms with Crippen LogP contribution in [0.1, 0.15) is 18.4 Å². The molecule has 18 heavy (non-hydrogen) atoms. The maximum absolute atomic E-state index is 11.1. The van der Waals surface area contributed by atoms with E-state index in [2.05, 4.69) is 45.1 Å². The third kappa shape index (κ3) is 4.08. The zero-order valence-corrected chi connectivity index (χ0v) is 12.6. The Hall–Kier alpha value is -0.380. The molecule has 0 aromatic heterocycles. The number of carbonyl (C=O) groups excluding carboxylic acids is 1. The fraction of sp³-hybridized carbons (Fsp3) is 0.500. The van der Waals surface area contributed by atoms with Gasteiger partial charge in [0.05, 0.1) is 0 Å². The van der Waals surface area contributed by atoms with Crippen LogP contribution in [0.5, 0.6) is 0 Å². The Labute approximate surface area is 121 Å². The van der Waals surface area contributed by atoms with Crippen LogP contribution in [0.2, 0.25) is 0 Å². The predicted molar refractivity (Wildman–Crippen MR) is 77.9 cm³/mol. The second-order valence-corrected chi connectivity index (χ2v) is 6.08. The van der Waals surface area contributed by atoms with Gasteiger partial charge in [0.15, 0.2) is 0 Å². The molecule has 0 atom stereocenters. The predicted octanol–water partition coefficient (Wildman–Crippen LogP) is 3.47. The summed E-state index contributed by atoms with van der Waals surface area (Å²) in [7, 11) is 0. The first-order chi connectivity index (χ1) is 8.65. The Bertz CT molecular complexity index is 399. The summed E-state index contributed by atoms with van der Waals surface area (Å²) < 4.78 is 1.12. The van der Waals surface area contributed by atoms with Gasteiger partial charge in [-0.1, -0.05) is 28.1 Å². The number of nitrogens with zero attached hydrogens (tertiary/aromatic N) is 1. The largest absolute Gasteiger partial charge is 0.303 e. The van der Waals surface area contributed by atoms with Crippen molar-refractivity contribution in [1.29, 1.82) is 0 Å². The van der Waals surface area contributed by atoms with E-state index in [1.165, 1.54) is 5.56 Å². The van der Waals surface area contributed by atoms with Crippen molar-refractivity contribution < 1.29 is 4.79 Å².